The number of guanidine groups is 1. The van der Waals surface area contributed by atoms with E-state index in [1.165, 1.54) is 0 Å². The van der Waals surface area contributed by atoms with Crippen LogP contribution in [0.5, 0.6) is 0 Å². The molecule has 0 bridgehead atoms. The van der Waals surface area contributed by atoms with Crippen LogP contribution in [0, 0.1) is 13.8 Å². The number of furan rings is 1. The minimum absolute atomic E-state index is 0.477. The number of rotatable bonds is 4. The molecule has 0 spiro atoms. The molecular formula is C15H23N3O. The Hall–Kier alpha value is -1.71. The van der Waals surface area contributed by atoms with Crippen molar-refractivity contribution in [2.75, 3.05) is 6.54 Å². The SMILES string of the molecule is CCNC(=NCc1cc(C)oc1C)NC1CC=CC1. The summed E-state index contributed by atoms with van der Waals surface area (Å²) in [6, 6.07) is 2.53. The van der Waals surface area contributed by atoms with Crippen LogP contribution in [0.3, 0.4) is 0 Å². The van der Waals surface area contributed by atoms with Crippen molar-refractivity contribution in [2.45, 2.75) is 46.2 Å². The summed E-state index contributed by atoms with van der Waals surface area (Å²) in [7, 11) is 0. The van der Waals surface area contributed by atoms with Crippen LogP contribution in [-0.4, -0.2) is 18.5 Å². The van der Waals surface area contributed by atoms with Gasteiger partial charge in [-0.25, -0.2) is 4.99 Å². The van der Waals surface area contributed by atoms with Crippen LogP contribution in [0.15, 0.2) is 27.6 Å². The highest BCUT2D eigenvalue weighted by Gasteiger charge is 2.11. The van der Waals surface area contributed by atoms with Gasteiger partial charge in [-0.15, -0.1) is 0 Å². The highest BCUT2D eigenvalue weighted by atomic mass is 16.3. The second-order valence-electron chi connectivity index (χ2n) is 4.92. The van der Waals surface area contributed by atoms with Crippen LogP contribution in [0.2, 0.25) is 0 Å². The van der Waals surface area contributed by atoms with Gasteiger partial charge in [0.05, 0.1) is 6.54 Å². The molecular weight excluding hydrogens is 238 g/mol. The van der Waals surface area contributed by atoms with Crippen molar-refractivity contribution in [2.24, 2.45) is 4.99 Å². The summed E-state index contributed by atoms with van der Waals surface area (Å²) in [5.41, 5.74) is 1.15. The van der Waals surface area contributed by atoms with E-state index in [0.29, 0.717) is 12.6 Å². The molecule has 104 valence electrons. The van der Waals surface area contributed by atoms with Gasteiger partial charge in [-0.3, -0.25) is 0 Å². The second-order valence-corrected chi connectivity index (χ2v) is 4.92. The molecule has 0 radical (unpaired) electrons. The maximum atomic E-state index is 5.52. The van der Waals surface area contributed by atoms with E-state index in [1.807, 2.05) is 13.8 Å². The Kier molecular flexibility index (Phi) is 4.66. The lowest BCUT2D eigenvalue weighted by molar-refractivity contribution is 0.501. The van der Waals surface area contributed by atoms with Gasteiger partial charge in [-0.1, -0.05) is 12.2 Å². The molecule has 0 unspecified atom stereocenters. The molecule has 2 N–H and O–H groups in total. The van der Waals surface area contributed by atoms with Crippen molar-refractivity contribution in [1.29, 1.82) is 0 Å². The summed E-state index contributed by atoms with van der Waals surface area (Å²) in [4.78, 5) is 4.63. The zero-order valence-electron chi connectivity index (χ0n) is 12.0. The van der Waals surface area contributed by atoms with E-state index in [9.17, 15) is 0 Å². The van der Waals surface area contributed by atoms with E-state index in [4.69, 9.17) is 4.42 Å². The molecule has 0 aliphatic heterocycles. The Labute approximate surface area is 115 Å². The first kappa shape index (κ1) is 13.7. The van der Waals surface area contributed by atoms with Crippen LogP contribution in [-0.2, 0) is 6.54 Å². The van der Waals surface area contributed by atoms with Gasteiger partial charge in [0.1, 0.15) is 11.5 Å². The summed E-state index contributed by atoms with van der Waals surface area (Å²) in [6.45, 7) is 7.55. The first-order valence-electron chi connectivity index (χ1n) is 6.94. The first-order valence-corrected chi connectivity index (χ1v) is 6.94. The molecule has 1 aliphatic rings. The molecule has 0 amide bonds. The third-order valence-corrected chi connectivity index (χ3v) is 3.24. The summed E-state index contributed by atoms with van der Waals surface area (Å²) in [5, 5.41) is 6.75. The second kappa shape index (κ2) is 6.45. The van der Waals surface area contributed by atoms with Gasteiger partial charge in [0.15, 0.2) is 5.96 Å². The Balaban J connectivity index is 1.97. The van der Waals surface area contributed by atoms with Crippen LogP contribution in [0.25, 0.3) is 0 Å². The molecule has 1 aliphatic carbocycles. The van der Waals surface area contributed by atoms with E-state index in [0.717, 1.165) is 42.4 Å². The van der Waals surface area contributed by atoms with Crippen molar-refractivity contribution in [3.63, 3.8) is 0 Å². The normalized spacial score (nSPS) is 16.1. The summed E-state index contributed by atoms with van der Waals surface area (Å²) in [6.07, 6.45) is 6.58. The third kappa shape index (κ3) is 3.88. The zero-order chi connectivity index (χ0) is 13.7. The fraction of sp³-hybridized carbons (Fsp3) is 0.533. The van der Waals surface area contributed by atoms with E-state index in [2.05, 4.69) is 40.8 Å². The van der Waals surface area contributed by atoms with Crippen molar-refractivity contribution in [3.8, 4) is 0 Å². The minimum Gasteiger partial charge on any atom is -0.466 e. The van der Waals surface area contributed by atoms with Crippen LogP contribution >= 0.6 is 0 Å². The van der Waals surface area contributed by atoms with Gasteiger partial charge < -0.3 is 15.1 Å². The summed E-state index contributed by atoms with van der Waals surface area (Å²) >= 11 is 0. The van der Waals surface area contributed by atoms with Gasteiger partial charge in [0, 0.05) is 18.2 Å². The molecule has 0 aromatic carbocycles. The van der Waals surface area contributed by atoms with Crippen molar-refractivity contribution >= 4 is 5.96 Å². The third-order valence-electron chi connectivity index (χ3n) is 3.24. The fourth-order valence-corrected chi connectivity index (χ4v) is 2.25. The Bertz CT molecular complexity index is 466. The molecule has 2 rings (SSSR count). The van der Waals surface area contributed by atoms with Gasteiger partial charge >= 0.3 is 0 Å². The summed E-state index contributed by atoms with van der Waals surface area (Å²) < 4.78 is 5.52. The highest BCUT2D eigenvalue weighted by Crippen LogP contribution is 2.14. The van der Waals surface area contributed by atoms with Crippen molar-refractivity contribution < 1.29 is 4.42 Å². The smallest absolute Gasteiger partial charge is 0.191 e. The van der Waals surface area contributed by atoms with E-state index in [1.54, 1.807) is 0 Å². The Morgan fingerprint density at radius 2 is 2.11 bits per heavy atom. The largest absolute Gasteiger partial charge is 0.466 e. The van der Waals surface area contributed by atoms with Gasteiger partial charge in [0.25, 0.3) is 0 Å². The number of nitrogens with zero attached hydrogens (tertiary/aromatic N) is 1. The number of nitrogens with one attached hydrogen (secondary N) is 2. The average Bonchev–Trinajstić information content (AvgIpc) is 2.97. The zero-order valence-corrected chi connectivity index (χ0v) is 12.0. The lowest BCUT2D eigenvalue weighted by Gasteiger charge is -2.16. The number of hydrogen-bond acceptors (Lipinski definition) is 2. The molecule has 0 saturated carbocycles. The van der Waals surface area contributed by atoms with Gasteiger partial charge in [0.2, 0.25) is 0 Å². The molecule has 0 fully saturated rings. The average molecular weight is 261 g/mol. The quantitative estimate of drug-likeness (QED) is 0.498. The predicted octanol–water partition coefficient (Wildman–Crippen LogP) is 2.67. The highest BCUT2D eigenvalue weighted by molar-refractivity contribution is 5.80. The number of aliphatic imine (C=N–C) groups is 1. The van der Waals surface area contributed by atoms with Crippen LogP contribution < -0.4 is 10.6 Å². The molecule has 1 aromatic heterocycles. The van der Waals surface area contributed by atoms with Crippen LogP contribution in [0.1, 0.15) is 36.8 Å². The molecule has 0 saturated heterocycles. The number of hydrogen-bond donors (Lipinski definition) is 2. The van der Waals surface area contributed by atoms with Crippen molar-refractivity contribution in [1.82, 2.24) is 10.6 Å². The summed E-state index contributed by atoms with van der Waals surface area (Å²) in [5.74, 6) is 2.79. The van der Waals surface area contributed by atoms with Crippen molar-refractivity contribution in [3.05, 3.63) is 35.3 Å². The first-order chi connectivity index (χ1) is 9.19. The molecule has 19 heavy (non-hydrogen) atoms. The topological polar surface area (TPSA) is 49.6 Å². The maximum Gasteiger partial charge on any atom is 0.191 e. The maximum absolute atomic E-state index is 5.52. The Morgan fingerprint density at radius 3 is 2.68 bits per heavy atom. The fourth-order valence-electron chi connectivity index (χ4n) is 2.25. The molecule has 0 atom stereocenters. The van der Waals surface area contributed by atoms with Crippen LogP contribution in [0.4, 0.5) is 0 Å². The Morgan fingerprint density at radius 1 is 1.37 bits per heavy atom. The van der Waals surface area contributed by atoms with E-state index < -0.39 is 0 Å². The van der Waals surface area contributed by atoms with Gasteiger partial charge in [-0.05, 0) is 39.7 Å². The standard InChI is InChI=1S/C15H23N3O/c1-4-16-15(18-14-7-5-6-8-14)17-10-13-9-11(2)19-12(13)3/h5-6,9,14H,4,7-8,10H2,1-3H3,(H2,16,17,18). The molecule has 4 nitrogen and oxygen atoms in total. The van der Waals surface area contributed by atoms with E-state index in [-0.39, 0.29) is 0 Å². The van der Waals surface area contributed by atoms with Gasteiger partial charge in [-0.2, -0.15) is 0 Å². The lowest BCUT2D eigenvalue weighted by Crippen LogP contribution is -2.42. The molecule has 1 aromatic rings. The lowest BCUT2D eigenvalue weighted by atomic mass is 10.2. The molecule has 1 heterocycles. The minimum atomic E-state index is 0.477. The number of aryl methyl sites for hydroxylation is 2. The monoisotopic (exact) mass is 261 g/mol. The van der Waals surface area contributed by atoms with E-state index >= 15 is 0 Å². The predicted molar refractivity (Wildman–Crippen MR) is 78.3 cm³/mol. The molecule has 4 heteroatoms.